The van der Waals surface area contributed by atoms with Crippen LogP contribution >= 0.6 is 15.9 Å². The van der Waals surface area contributed by atoms with Crippen molar-refractivity contribution >= 4 is 25.8 Å². The summed E-state index contributed by atoms with van der Waals surface area (Å²) in [5.74, 6) is 4.92. The highest BCUT2D eigenvalue weighted by molar-refractivity contribution is 9.10. The predicted molar refractivity (Wildman–Crippen MR) is 61.1 cm³/mol. The van der Waals surface area contributed by atoms with Crippen LogP contribution in [0, 0.1) is 0 Å². The minimum atomic E-state index is -3.21. The molecule has 0 saturated heterocycles. The Morgan fingerprint density at radius 2 is 2.13 bits per heavy atom. The Morgan fingerprint density at radius 3 is 2.67 bits per heavy atom. The molecule has 0 aliphatic rings. The van der Waals surface area contributed by atoms with Crippen molar-refractivity contribution in [1.82, 2.24) is 0 Å². The van der Waals surface area contributed by atoms with Crippen molar-refractivity contribution < 1.29 is 13.3 Å². The van der Waals surface area contributed by atoms with Crippen molar-refractivity contribution in [2.75, 3.05) is 12.9 Å². The van der Waals surface area contributed by atoms with Crippen LogP contribution in [0.2, 0.25) is 0 Å². The molecule has 0 amide bonds. The number of sulfone groups is 1. The summed E-state index contributed by atoms with van der Waals surface area (Å²) in [7, 11) is -3.21. The Hall–Kier alpha value is -0.430. The first-order valence-corrected chi connectivity index (χ1v) is 6.94. The van der Waals surface area contributed by atoms with Gasteiger partial charge in [-0.25, -0.2) is 14.3 Å². The molecule has 0 spiro atoms. The molecule has 0 heterocycles. The molecule has 15 heavy (non-hydrogen) atoms. The summed E-state index contributed by atoms with van der Waals surface area (Å²) in [4.78, 5) is 4.77. The molecular formula is C9H12BrNO3S. The first-order chi connectivity index (χ1) is 6.96. The van der Waals surface area contributed by atoms with Crippen molar-refractivity contribution in [2.45, 2.75) is 11.3 Å². The van der Waals surface area contributed by atoms with Crippen LogP contribution in [0.3, 0.4) is 0 Å². The van der Waals surface area contributed by atoms with E-state index < -0.39 is 9.84 Å². The zero-order valence-electron chi connectivity index (χ0n) is 8.23. The highest BCUT2D eigenvalue weighted by Gasteiger charge is 2.14. The molecule has 0 fully saturated rings. The van der Waals surface area contributed by atoms with E-state index in [2.05, 4.69) is 20.8 Å². The summed E-state index contributed by atoms with van der Waals surface area (Å²) >= 11 is 3.31. The Balaban J connectivity index is 3.21. The molecule has 0 aromatic heterocycles. The summed E-state index contributed by atoms with van der Waals surface area (Å²) in [6.07, 6.45) is 1.64. The number of halogens is 1. The minimum absolute atomic E-state index is 0.283. The van der Waals surface area contributed by atoms with Crippen LogP contribution in [0.1, 0.15) is 5.56 Å². The van der Waals surface area contributed by atoms with Gasteiger partial charge in [-0.05, 0) is 17.7 Å². The summed E-state index contributed by atoms with van der Waals surface area (Å²) in [5, 5.41) is 0. The molecule has 0 atom stereocenters. The molecule has 1 rings (SSSR count). The van der Waals surface area contributed by atoms with Crippen LogP contribution < -0.4 is 5.90 Å². The van der Waals surface area contributed by atoms with Gasteiger partial charge < -0.3 is 4.84 Å². The quantitative estimate of drug-likeness (QED) is 0.849. The molecule has 4 nitrogen and oxygen atoms in total. The lowest BCUT2D eigenvalue weighted by Crippen LogP contribution is -2.08. The fraction of sp³-hybridized carbons (Fsp3) is 0.333. The zero-order valence-corrected chi connectivity index (χ0v) is 10.6. The second-order valence-electron chi connectivity index (χ2n) is 3.11. The molecule has 1 aromatic carbocycles. The lowest BCUT2D eigenvalue weighted by molar-refractivity contribution is 0.140. The standard InChI is InChI=1S/C9H12BrNO3S/c1-15(12,13)9-4-2-3-8(10)7(9)5-6-14-11/h2-4H,5-6,11H2,1H3. The number of nitrogens with two attached hydrogens (primary N) is 1. The van der Waals surface area contributed by atoms with E-state index in [1.165, 1.54) is 6.26 Å². The number of hydrogen-bond acceptors (Lipinski definition) is 4. The van der Waals surface area contributed by atoms with E-state index in [4.69, 9.17) is 5.90 Å². The van der Waals surface area contributed by atoms with Crippen LogP contribution in [0.15, 0.2) is 27.6 Å². The van der Waals surface area contributed by atoms with Gasteiger partial charge >= 0.3 is 0 Å². The maximum Gasteiger partial charge on any atom is 0.175 e. The normalized spacial score (nSPS) is 11.7. The van der Waals surface area contributed by atoms with Crippen molar-refractivity contribution in [3.05, 3.63) is 28.2 Å². The van der Waals surface area contributed by atoms with E-state index >= 15 is 0 Å². The number of rotatable bonds is 4. The van der Waals surface area contributed by atoms with E-state index in [0.717, 1.165) is 4.47 Å². The van der Waals surface area contributed by atoms with Crippen molar-refractivity contribution in [3.8, 4) is 0 Å². The number of hydrogen-bond donors (Lipinski definition) is 1. The second-order valence-corrected chi connectivity index (χ2v) is 5.95. The molecule has 0 saturated carbocycles. The van der Waals surface area contributed by atoms with E-state index in [1.807, 2.05) is 0 Å². The molecule has 1 aromatic rings. The monoisotopic (exact) mass is 293 g/mol. The van der Waals surface area contributed by atoms with Crippen LogP contribution in [-0.4, -0.2) is 21.3 Å². The third-order valence-corrected chi connectivity index (χ3v) is 3.87. The highest BCUT2D eigenvalue weighted by Crippen LogP contribution is 2.24. The van der Waals surface area contributed by atoms with Gasteiger partial charge in [0.05, 0.1) is 11.5 Å². The summed E-state index contributed by atoms with van der Waals surface area (Å²) < 4.78 is 23.7. The van der Waals surface area contributed by atoms with E-state index in [9.17, 15) is 8.42 Å². The van der Waals surface area contributed by atoms with Crippen molar-refractivity contribution in [3.63, 3.8) is 0 Å². The maximum atomic E-state index is 11.5. The largest absolute Gasteiger partial charge is 0.304 e. The smallest absolute Gasteiger partial charge is 0.175 e. The summed E-state index contributed by atoms with van der Waals surface area (Å²) in [6, 6.07) is 5.06. The van der Waals surface area contributed by atoms with Gasteiger partial charge in [0.2, 0.25) is 0 Å². The lowest BCUT2D eigenvalue weighted by atomic mass is 10.2. The van der Waals surface area contributed by atoms with Gasteiger partial charge in [0, 0.05) is 17.1 Å². The minimum Gasteiger partial charge on any atom is -0.304 e. The van der Waals surface area contributed by atoms with Gasteiger partial charge in [-0.15, -0.1) is 0 Å². The summed E-state index contributed by atoms with van der Waals surface area (Å²) in [6.45, 7) is 0.283. The third kappa shape index (κ3) is 3.27. The van der Waals surface area contributed by atoms with E-state index in [0.29, 0.717) is 16.9 Å². The zero-order chi connectivity index (χ0) is 11.5. The van der Waals surface area contributed by atoms with Crippen LogP contribution in [0.5, 0.6) is 0 Å². The first-order valence-electron chi connectivity index (χ1n) is 4.26. The van der Waals surface area contributed by atoms with Crippen molar-refractivity contribution in [2.24, 2.45) is 5.90 Å². The fourth-order valence-electron chi connectivity index (χ4n) is 1.29. The predicted octanol–water partition coefficient (Wildman–Crippen LogP) is 1.29. The highest BCUT2D eigenvalue weighted by atomic mass is 79.9. The second kappa shape index (κ2) is 5.07. The van der Waals surface area contributed by atoms with Gasteiger partial charge in [0.1, 0.15) is 0 Å². The molecule has 84 valence electrons. The van der Waals surface area contributed by atoms with E-state index in [-0.39, 0.29) is 6.61 Å². The first kappa shape index (κ1) is 12.6. The van der Waals surface area contributed by atoms with Gasteiger partial charge in [0.25, 0.3) is 0 Å². The average molecular weight is 294 g/mol. The molecule has 6 heteroatoms. The molecule has 0 unspecified atom stereocenters. The molecule has 0 aliphatic heterocycles. The molecule has 0 bridgehead atoms. The Labute approximate surface area is 97.4 Å². The maximum absolute atomic E-state index is 11.5. The van der Waals surface area contributed by atoms with E-state index in [1.54, 1.807) is 18.2 Å². The number of benzene rings is 1. The van der Waals surface area contributed by atoms with Crippen LogP contribution in [0.25, 0.3) is 0 Å². The van der Waals surface area contributed by atoms with Crippen molar-refractivity contribution in [1.29, 1.82) is 0 Å². The SMILES string of the molecule is CS(=O)(=O)c1cccc(Br)c1CCON. The van der Waals surface area contributed by atoms with Gasteiger partial charge in [-0.3, -0.25) is 0 Å². The molecule has 2 N–H and O–H groups in total. The van der Waals surface area contributed by atoms with Crippen LogP contribution in [0.4, 0.5) is 0 Å². The Bertz CT molecular complexity index is 445. The lowest BCUT2D eigenvalue weighted by Gasteiger charge is -2.09. The summed E-state index contributed by atoms with van der Waals surface area (Å²) in [5.41, 5.74) is 0.699. The average Bonchev–Trinajstić information content (AvgIpc) is 2.14. The molecule has 0 radical (unpaired) electrons. The Morgan fingerprint density at radius 1 is 1.47 bits per heavy atom. The van der Waals surface area contributed by atoms with Gasteiger partial charge in [-0.2, -0.15) is 0 Å². The van der Waals surface area contributed by atoms with Gasteiger partial charge in [-0.1, -0.05) is 22.0 Å². The van der Waals surface area contributed by atoms with Gasteiger partial charge in [0.15, 0.2) is 9.84 Å². The van der Waals surface area contributed by atoms with Crippen LogP contribution in [-0.2, 0) is 21.1 Å². The third-order valence-electron chi connectivity index (χ3n) is 1.95. The fourth-order valence-corrected chi connectivity index (χ4v) is 2.97. The molecule has 0 aliphatic carbocycles. The topological polar surface area (TPSA) is 69.4 Å². The Kier molecular flexibility index (Phi) is 4.27. The molecular weight excluding hydrogens is 282 g/mol.